The number of aromatic nitrogens is 4. The van der Waals surface area contributed by atoms with Crippen LogP contribution in [0, 0.1) is 34.6 Å². The fraction of sp³-hybridized carbons (Fsp3) is 0.368. The lowest BCUT2D eigenvalue weighted by atomic mass is 10.1. The molecule has 0 fully saturated rings. The zero-order chi connectivity index (χ0) is 18.1. The van der Waals surface area contributed by atoms with E-state index in [1.54, 1.807) is 12.1 Å². The molecule has 25 heavy (non-hydrogen) atoms. The molecular weight excluding hydrogens is 314 g/mol. The van der Waals surface area contributed by atoms with E-state index in [0.717, 1.165) is 33.8 Å². The molecule has 3 aromatic rings. The number of amides is 1. The van der Waals surface area contributed by atoms with E-state index in [9.17, 15) is 4.79 Å². The number of hydrogen-bond donors (Lipinski definition) is 1. The SMILES string of the molecule is Cc1nc2ccc(C(=O)NCCn3nc(C)c(C)c3C)cc2nc1C. The first-order valence-electron chi connectivity index (χ1n) is 8.40. The van der Waals surface area contributed by atoms with E-state index in [-0.39, 0.29) is 5.91 Å². The highest BCUT2D eigenvalue weighted by Gasteiger charge is 2.10. The van der Waals surface area contributed by atoms with E-state index in [4.69, 9.17) is 0 Å². The Kier molecular flexibility index (Phi) is 4.53. The maximum atomic E-state index is 12.4. The van der Waals surface area contributed by atoms with Crippen molar-refractivity contribution in [1.82, 2.24) is 25.1 Å². The molecule has 0 saturated carbocycles. The van der Waals surface area contributed by atoms with Gasteiger partial charge in [-0.2, -0.15) is 5.10 Å². The summed E-state index contributed by atoms with van der Waals surface area (Å²) in [6.07, 6.45) is 0. The van der Waals surface area contributed by atoms with E-state index in [0.29, 0.717) is 18.7 Å². The Hall–Kier alpha value is -2.76. The Morgan fingerprint density at radius 1 is 1.00 bits per heavy atom. The lowest BCUT2D eigenvalue weighted by Gasteiger charge is -2.08. The molecule has 6 heteroatoms. The molecule has 0 saturated heterocycles. The second-order valence-corrected chi connectivity index (χ2v) is 6.37. The van der Waals surface area contributed by atoms with Gasteiger partial charge in [0, 0.05) is 17.8 Å². The highest BCUT2D eigenvalue weighted by Crippen LogP contribution is 2.14. The first-order chi connectivity index (χ1) is 11.9. The van der Waals surface area contributed by atoms with Gasteiger partial charge in [-0.3, -0.25) is 9.48 Å². The zero-order valence-electron chi connectivity index (χ0n) is 15.3. The van der Waals surface area contributed by atoms with Gasteiger partial charge in [0.25, 0.3) is 5.91 Å². The van der Waals surface area contributed by atoms with Crippen LogP contribution in [0.15, 0.2) is 18.2 Å². The summed E-state index contributed by atoms with van der Waals surface area (Å²) in [5.74, 6) is -0.111. The summed E-state index contributed by atoms with van der Waals surface area (Å²) in [6.45, 7) is 11.1. The van der Waals surface area contributed by atoms with Gasteiger partial charge in [-0.1, -0.05) is 0 Å². The molecule has 3 rings (SSSR count). The summed E-state index contributed by atoms with van der Waals surface area (Å²) in [5.41, 5.74) is 7.29. The zero-order valence-corrected chi connectivity index (χ0v) is 15.3. The number of benzene rings is 1. The lowest BCUT2D eigenvalue weighted by Crippen LogP contribution is -2.27. The standard InChI is InChI=1S/C19H23N5O/c1-11-12(2)23-24(15(11)5)9-8-20-19(25)16-6-7-17-18(10-16)22-14(4)13(3)21-17/h6-7,10H,8-9H2,1-5H3,(H,20,25). The number of carbonyl (C=O) groups excluding carboxylic acids is 1. The molecule has 0 atom stereocenters. The molecule has 6 nitrogen and oxygen atoms in total. The Bertz CT molecular complexity index is 958. The highest BCUT2D eigenvalue weighted by molar-refractivity contribution is 5.97. The van der Waals surface area contributed by atoms with Crippen molar-refractivity contribution in [3.05, 3.63) is 52.1 Å². The van der Waals surface area contributed by atoms with Gasteiger partial charge in [0.2, 0.25) is 0 Å². The summed E-state index contributed by atoms with van der Waals surface area (Å²) in [4.78, 5) is 21.4. The van der Waals surface area contributed by atoms with Crippen LogP contribution in [-0.2, 0) is 6.54 Å². The van der Waals surface area contributed by atoms with Gasteiger partial charge in [-0.15, -0.1) is 0 Å². The summed E-state index contributed by atoms with van der Waals surface area (Å²) in [7, 11) is 0. The summed E-state index contributed by atoms with van der Waals surface area (Å²) in [6, 6.07) is 5.42. The van der Waals surface area contributed by atoms with Crippen molar-refractivity contribution in [2.45, 2.75) is 41.2 Å². The smallest absolute Gasteiger partial charge is 0.251 e. The molecule has 2 aromatic heterocycles. The molecule has 1 aromatic carbocycles. The van der Waals surface area contributed by atoms with E-state index in [1.165, 1.54) is 5.56 Å². The molecule has 0 unspecified atom stereocenters. The molecular formula is C19H23N5O. The maximum absolute atomic E-state index is 12.4. The van der Waals surface area contributed by atoms with Crippen LogP contribution in [0.2, 0.25) is 0 Å². The van der Waals surface area contributed by atoms with Gasteiger partial charge in [0.15, 0.2) is 0 Å². The first-order valence-corrected chi connectivity index (χ1v) is 8.40. The number of aryl methyl sites for hydroxylation is 3. The topological polar surface area (TPSA) is 72.7 Å². The molecule has 0 aliphatic heterocycles. The van der Waals surface area contributed by atoms with Gasteiger partial charge >= 0.3 is 0 Å². The van der Waals surface area contributed by atoms with Crippen LogP contribution in [0.4, 0.5) is 0 Å². The number of nitrogens with one attached hydrogen (secondary N) is 1. The summed E-state index contributed by atoms with van der Waals surface area (Å²) < 4.78 is 1.93. The number of nitrogens with zero attached hydrogens (tertiary/aromatic N) is 4. The highest BCUT2D eigenvalue weighted by atomic mass is 16.1. The predicted molar refractivity (Wildman–Crippen MR) is 97.8 cm³/mol. The molecule has 0 spiro atoms. The second-order valence-electron chi connectivity index (χ2n) is 6.37. The van der Waals surface area contributed by atoms with Crippen molar-refractivity contribution in [2.75, 3.05) is 6.54 Å². The van der Waals surface area contributed by atoms with Crippen molar-refractivity contribution in [3.8, 4) is 0 Å². The minimum absolute atomic E-state index is 0.111. The molecule has 130 valence electrons. The number of carbonyl (C=O) groups is 1. The predicted octanol–water partition coefficient (Wildman–Crippen LogP) is 2.80. The molecule has 0 aliphatic rings. The van der Waals surface area contributed by atoms with Gasteiger partial charge in [-0.05, 0) is 58.4 Å². The quantitative estimate of drug-likeness (QED) is 0.794. The summed E-state index contributed by atoms with van der Waals surface area (Å²) >= 11 is 0. The van der Waals surface area contributed by atoms with Crippen LogP contribution >= 0.6 is 0 Å². The van der Waals surface area contributed by atoms with Crippen LogP contribution in [0.3, 0.4) is 0 Å². The normalized spacial score (nSPS) is 11.1. The van der Waals surface area contributed by atoms with Gasteiger partial charge in [-0.25, -0.2) is 9.97 Å². The third-order valence-corrected chi connectivity index (χ3v) is 4.69. The third-order valence-electron chi connectivity index (χ3n) is 4.69. The molecule has 0 bridgehead atoms. The van der Waals surface area contributed by atoms with Crippen molar-refractivity contribution >= 4 is 16.9 Å². The van der Waals surface area contributed by atoms with Crippen molar-refractivity contribution in [1.29, 1.82) is 0 Å². The van der Waals surface area contributed by atoms with Crippen molar-refractivity contribution < 1.29 is 4.79 Å². The van der Waals surface area contributed by atoms with Crippen molar-refractivity contribution in [3.63, 3.8) is 0 Å². The molecule has 2 heterocycles. The lowest BCUT2D eigenvalue weighted by molar-refractivity contribution is 0.0952. The van der Waals surface area contributed by atoms with Crippen LogP contribution in [-0.4, -0.2) is 32.2 Å². The Labute approximate surface area is 147 Å². The Morgan fingerprint density at radius 2 is 1.68 bits per heavy atom. The van der Waals surface area contributed by atoms with Gasteiger partial charge in [0.05, 0.1) is 34.7 Å². The number of rotatable bonds is 4. The molecule has 0 radical (unpaired) electrons. The van der Waals surface area contributed by atoms with Gasteiger partial charge in [0.1, 0.15) is 0 Å². The van der Waals surface area contributed by atoms with E-state index >= 15 is 0 Å². The fourth-order valence-electron chi connectivity index (χ4n) is 2.75. The molecule has 1 N–H and O–H groups in total. The average molecular weight is 337 g/mol. The minimum atomic E-state index is -0.111. The number of fused-ring (bicyclic) bond motifs is 1. The molecule has 0 aliphatic carbocycles. The van der Waals surface area contributed by atoms with Crippen LogP contribution in [0.1, 0.15) is 38.7 Å². The molecule has 1 amide bonds. The largest absolute Gasteiger partial charge is 0.350 e. The van der Waals surface area contributed by atoms with E-state index < -0.39 is 0 Å². The van der Waals surface area contributed by atoms with Crippen LogP contribution < -0.4 is 5.32 Å². The van der Waals surface area contributed by atoms with Crippen molar-refractivity contribution in [2.24, 2.45) is 0 Å². The fourth-order valence-corrected chi connectivity index (χ4v) is 2.75. The Balaban J connectivity index is 1.69. The van der Waals surface area contributed by atoms with E-state index in [2.05, 4.69) is 27.3 Å². The van der Waals surface area contributed by atoms with Crippen LogP contribution in [0.25, 0.3) is 11.0 Å². The number of hydrogen-bond acceptors (Lipinski definition) is 4. The van der Waals surface area contributed by atoms with E-state index in [1.807, 2.05) is 38.4 Å². The average Bonchev–Trinajstić information content (AvgIpc) is 2.82. The third kappa shape index (κ3) is 3.38. The van der Waals surface area contributed by atoms with Crippen LogP contribution in [0.5, 0.6) is 0 Å². The minimum Gasteiger partial charge on any atom is -0.350 e. The summed E-state index contributed by atoms with van der Waals surface area (Å²) in [5, 5.41) is 7.43. The maximum Gasteiger partial charge on any atom is 0.251 e. The first kappa shape index (κ1) is 17.1. The monoisotopic (exact) mass is 337 g/mol. The Morgan fingerprint density at radius 3 is 2.32 bits per heavy atom. The van der Waals surface area contributed by atoms with Gasteiger partial charge < -0.3 is 5.32 Å². The second kappa shape index (κ2) is 6.63.